The van der Waals surface area contributed by atoms with Gasteiger partial charge in [-0.1, -0.05) is 29.3 Å². The molecule has 2 amide bonds. The molecule has 1 atom stereocenters. The van der Waals surface area contributed by atoms with E-state index in [2.05, 4.69) is 0 Å². The van der Waals surface area contributed by atoms with Crippen molar-refractivity contribution in [2.24, 2.45) is 0 Å². The third-order valence-corrected chi connectivity index (χ3v) is 5.20. The maximum Gasteiger partial charge on any atom is 0.254 e. The maximum absolute atomic E-state index is 12.9. The predicted molar refractivity (Wildman–Crippen MR) is 100 cm³/mol. The van der Waals surface area contributed by atoms with Crippen molar-refractivity contribution in [1.29, 1.82) is 0 Å². The van der Waals surface area contributed by atoms with Crippen molar-refractivity contribution in [1.82, 2.24) is 4.90 Å². The van der Waals surface area contributed by atoms with E-state index >= 15 is 0 Å². The van der Waals surface area contributed by atoms with Gasteiger partial charge in [-0.25, -0.2) is 0 Å². The van der Waals surface area contributed by atoms with Gasteiger partial charge in [0, 0.05) is 34.4 Å². The van der Waals surface area contributed by atoms with E-state index in [1.807, 2.05) is 19.1 Å². The summed E-state index contributed by atoms with van der Waals surface area (Å²) in [7, 11) is 0. The van der Waals surface area contributed by atoms with Crippen molar-refractivity contribution < 1.29 is 9.59 Å². The molecule has 1 aliphatic heterocycles. The molecule has 0 spiro atoms. The Morgan fingerprint density at radius 3 is 2.44 bits per heavy atom. The minimum Gasteiger partial charge on any atom is -0.325 e. The summed E-state index contributed by atoms with van der Waals surface area (Å²) < 4.78 is 0. The summed E-state index contributed by atoms with van der Waals surface area (Å²) in [5, 5.41) is 1.19. The van der Waals surface area contributed by atoms with Gasteiger partial charge in [-0.05, 0) is 55.8 Å². The summed E-state index contributed by atoms with van der Waals surface area (Å²) in [6.07, 6.45) is 0. The lowest BCUT2D eigenvalue weighted by Crippen LogP contribution is -2.57. The van der Waals surface area contributed by atoms with Crippen molar-refractivity contribution in [3.63, 3.8) is 0 Å². The van der Waals surface area contributed by atoms with Crippen LogP contribution in [0.2, 0.25) is 10.0 Å². The van der Waals surface area contributed by atoms with Gasteiger partial charge in [-0.15, -0.1) is 0 Å². The van der Waals surface area contributed by atoms with Crippen LogP contribution in [-0.2, 0) is 4.79 Å². The molecule has 0 bridgehead atoms. The highest BCUT2D eigenvalue weighted by atomic mass is 35.5. The molecule has 2 aromatic rings. The molecule has 3 rings (SSSR count). The quantitative estimate of drug-likeness (QED) is 0.788. The molecule has 1 aliphatic rings. The van der Waals surface area contributed by atoms with Crippen LogP contribution in [0.4, 0.5) is 5.69 Å². The summed E-state index contributed by atoms with van der Waals surface area (Å²) in [6, 6.07) is 11.7. The van der Waals surface area contributed by atoms with E-state index in [-0.39, 0.29) is 11.8 Å². The van der Waals surface area contributed by atoms with Gasteiger partial charge >= 0.3 is 0 Å². The molecule has 0 aliphatic carbocycles. The van der Waals surface area contributed by atoms with Crippen LogP contribution in [0, 0.1) is 6.92 Å². The number of hydrogen-bond donors (Lipinski definition) is 0. The average Bonchev–Trinajstić information content (AvgIpc) is 2.60. The molecule has 4 nitrogen and oxygen atoms in total. The van der Waals surface area contributed by atoms with Gasteiger partial charge in [0.05, 0.1) is 0 Å². The van der Waals surface area contributed by atoms with Gasteiger partial charge in [0.25, 0.3) is 5.91 Å². The van der Waals surface area contributed by atoms with Crippen LogP contribution in [0.1, 0.15) is 22.8 Å². The maximum atomic E-state index is 12.9. The molecule has 0 N–H and O–H groups in total. The Morgan fingerprint density at radius 1 is 1.08 bits per heavy atom. The Balaban J connectivity index is 1.83. The molecular weight excluding hydrogens is 359 g/mol. The van der Waals surface area contributed by atoms with E-state index in [0.29, 0.717) is 28.7 Å². The predicted octanol–water partition coefficient (Wildman–Crippen LogP) is 4.18. The summed E-state index contributed by atoms with van der Waals surface area (Å²) >= 11 is 12.0. The normalized spacial score (nSPS) is 17.8. The lowest BCUT2D eigenvalue weighted by molar-refractivity contribution is -0.124. The second kappa shape index (κ2) is 7.06. The second-order valence-corrected chi connectivity index (χ2v) is 6.90. The van der Waals surface area contributed by atoms with E-state index in [1.165, 1.54) is 0 Å². The minimum absolute atomic E-state index is 0.112. The van der Waals surface area contributed by atoms with Crippen molar-refractivity contribution in [3.05, 3.63) is 63.6 Å². The van der Waals surface area contributed by atoms with E-state index in [0.717, 1.165) is 11.3 Å². The Kier molecular flexibility index (Phi) is 5.02. The van der Waals surface area contributed by atoms with Gasteiger partial charge in [0.2, 0.25) is 5.91 Å². The summed E-state index contributed by atoms with van der Waals surface area (Å²) in [5.41, 5.74) is 2.18. The molecular formula is C19H18Cl2N2O2. The number of nitrogens with zero attached hydrogens (tertiary/aromatic N) is 2. The first-order chi connectivity index (χ1) is 11.9. The summed E-state index contributed by atoms with van der Waals surface area (Å²) in [4.78, 5) is 28.9. The van der Waals surface area contributed by atoms with Crippen molar-refractivity contribution in [2.75, 3.05) is 18.0 Å². The first-order valence-corrected chi connectivity index (χ1v) is 8.79. The molecule has 1 heterocycles. The molecule has 0 saturated carbocycles. The fourth-order valence-corrected chi connectivity index (χ4v) is 3.33. The van der Waals surface area contributed by atoms with Crippen LogP contribution < -0.4 is 4.90 Å². The topological polar surface area (TPSA) is 40.6 Å². The highest BCUT2D eigenvalue weighted by molar-refractivity contribution is 6.32. The highest BCUT2D eigenvalue weighted by Crippen LogP contribution is 2.29. The molecule has 0 aromatic heterocycles. The molecule has 0 unspecified atom stereocenters. The lowest BCUT2D eigenvalue weighted by Gasteiger charge is -2.39. The average molecular weight is 377 g/mol. The van der Waals surface area contributed by atoms with Crippen molar-refractivity contribution in [3.8, 4) is 0 Å². The number of halogens is 2. The van der Waals surface area contributed by atoms with Crippen molar-refractivity contribution >= 4 is 40.7 Å². The molecule has 25 heavy (non-hydrogen) atoms. The molecule has 130 valence electrons. The fraction of sp³-hybridized carbons (Fsp3) is 0.263. The standard InChI is InChI=1S/C19H18Cl2N2O2/c1-12-16(21)4-3-5-17(12)23-11-10-22(13(2)18(23)24)19(25)14-6-8-15(20)9-7-14/h3-9,13H,10-11H2,1-2H3/t13-/m0/s1. The van der Waals surface area contributed by atoms with Gasteiger partial charge in [-0.2, -0.15) is 0 Å². The van der Waals surface area contributed by atoms with E-state index in [4.69, 9.17) is 23.2 Å². The fourth-order valence-electron chi connectivity index (χ4n) is 3.03. The number of rotatable bonds is 2. The Hall–Kier alpha value is -2.04. The zero-order valence-corrected chi connectivity index (χ0v) is 15.5. The first-order valence-electron chi connectivity index (χ1n) is 8.03. The molecule has 6 heteroatoms. The van der Waals surface area contributed by atoms with Crippen LogP contribution >= 0.6 is 23.2 Å². The largest absolute Gasteiger partial charge is 0.325 e. The number of carbonyl (C=O) groups excluding carboxylic acids is 2. The van der Waals surface area contributed by atoms with E-state index < -0.39 is 6.04 Å². The van der Waals surface area contributed by atoms with Crippen LogP contribution in [0.5, 0.6) is 0 Å². The number of anilines is 1. The van der Waals surface area contributed by atoms with E-state index in [9.17, 15) is 9.59 Å². The second-order valence-electron chi connectivity index (χ2n) is 6.06. The number of piperazine rings is 1. The number of amides is 2. The van der Waals surface area contributed by atoms with Gasteiger partial charge in [0.1, 0.15) is 6.04 Å². The molecule has 2 aromatic carbocycles. The summed E-state index contributed by atoms with van der Waals surface area (Å²) in [6.45, 7) is 4.53. The monoisotopic (exact) mass is 376 g/mol. The third kappa shape index (κ3) is 3.37. The van der Waals surface area contributed by atoms with Gasteiger partial charge < -0.3 is 9.80 Å². The van der Waals surface area contributed by atoms with Crippen LogP contribution in [0.3, 0.4) is 0 Å². The lowest BCUT2D eigenvalue weighted by atomic mass is 10.1. The van der Waals surface area contributed by atoms with Crippen LogP contribution in [-0.4, -0.2) is 35.8 Å². The molecule has 1 saturated heterocycles. The smallest absolute Gasteiger partial charge is 0.254 e. The molecule has 0 radical (unpaired) electrons. The zero-order chi connectivity index (χ0) is 18.1. The van der Waals surface area contributed by atoms with Gasteiger partial charge in [0.15, 0.2) is 0 Å². The number of benzene rings is 2. The SMILES string of the molecule is Cc1c(Cl)cccc1N1CCN(C(=O)c2ccc(Cl)cc2)[C@@H](C)C1=O. The van der Waals surface area contributed by atoms with Crippen LogP contribution in [0.15, 0.2) is 42.5 Å². The Morgan fingerprint density at radius 2 is 1.76 bits per heavy atom. The van der Waals surface area contributed by atoms with Crippen LogP contribution in [0.25, 0.3) is 0 Å². The van der Waals surface area contributed by atoms with E-state index in [1.54, 1.807) is 47.1 Å². The number of hydrogen-bond acceptors (Lipinski definition) is 2. The van der Waals surface area contributed by atoms with Crippen molar-refractivity contribution in [2.45, 2.75) is 19.9 Å². The number of carbonyl (C=O) groups is 2. The highest BCUT2D eigenvalue weighted by Gasteiger charge is 2.35. The zero-order valence-electron chi connectivity index (χ0n) is 14.0. The molecule has 1 fully saturated rings. The minimum atomic E-state index is -0.546. The Labute approximate surface area is 156 Å². The summed E-state index contributed by atoms with van der Waals surface area (Å²) in [5.74, 6) is -0.279. The first kappa shape index (κ1) is 17.8. The third-order valence-electron chi connectivity index (χ3n) is 4.54. The Bertz CT molecular complexity index is 821. The van der Waals surface area contributed by atoms with Gasteiger partial charge in [-0.3, -0.25) is 9.59 Å².